The van der Waals surface area contributed by atoms with Crippen molar-refractivity contribution in [3.8, 4) is 17.6 Å². The van der Waals surface area contributed by atoms with Crippen LogP contribution in [0.15, 0.2) is 41.6 Å². The van der Waals surface area contributed by atoms with E-state index in [0.29, 0.717) is 30.1 Å². The summed E-state index contributed by atoms with van der Waals surface area (Å²) in [4.78, 5) is 0. The monoisotopic (exact) mass is 413 g/mol. The summed E-state index contributed by atoms with van der Waals surface area (Å²) in [5.41, 5.74) is 8.55. The maximum Gasteiger partial charge on any atom is 0.170 e. The summed E-state index contributed by atoms with van der Waals surface area (Å²) in [5, 5.41) is 29.1. The maximum atomic E-state index is 8.92. The Kier molecular flexibility index (Phi) is 7.64. The first-order valence-corrected chi connectivity index (χ1v) is 9.38. The van der Waals surface area contributed by atoms with Crippen molar-refractivity contribution in [3.05, 3.63) is 58.7 Å². The van der Waals surface area contributed by atoms with Crippen molar-refractivity contribution in [1.82, 2.24) is 0 Å². The molecule has 0 unspecified atom stereocenters. The zero-order chi connectivity index (χ0) is 22.3. The van der Waals surface area contributed by atoms with Crippen molar-refractivity contribution < 1.29 is 24.5 Å². The second kappa shape index (κ2) is 9.96. The van der Waals surface area contributed by atoms with Crippen LogP contribution >= 0.6 is 0 Å². The lowest BCUT2D eigenvalue weighted by Gasteiger charge is -2.17. The van der Waals surface area contributed by atoms with Gasteiger partial charge in [-0.3, -0.25) is 0 Å². The van der Waals surface area contributed by atoms with E-state index in [0.717, 1.165) is 11.1 Å². The van der Waals surface area contributed by atoms with Crippen LogP contribution in [0.25, 0.3) is 0 Å². The molecule has 30 heavy (non-hydrogen) atoms. The summed E-state index contributed by atoms with van der Waals surface area (Å²) < 4.78 is 16.8. The van der Waals surface area contributed by atoms with Crippen LogP contribution in [-0.4, -0.2) is 41.3 Å². The Bertz CT molecular complexity index is 950. The number of nitrogens with zero attached hydrogens (tertiary/aromatic N) is 2. The predicted octanol–water partition coefficient (Wildman–Crippen LogP) is 3.19. The van der Waals surface area contributed by atoms with Crippen LogP contribution in [0.2, 0.25) is 0 Å². The summed E-state index contributed by atoms with van der Waals surface area (Å²) in [6.07, 6.45) is -0.0749. The molecule has 1 atom stereocenters. The highest BCUT2D eigenvalue weighted by Gasteiger charge is 2.32. The fourth-order valence-electron chi connectivity index (χ4n) is 2.87. The van der Waals surface area contributed by atoms with Gasteiger partial charge in [0.1, 0.15) is 24.2 Å². The molecule has 0 amide bonds. The molecule has 1 aliphatic rings. The number of ether oxygens (including phenoxy) is 3. The molecule has 0 aliphatic carbocycles. The molecule has 4 N–H and O–H groups in total. The van der Waals surface area contributed by atoms with Crippen LogP contribution in [0.1, 0.15) is 36.1 Å². The third-order valence-electron chi connectivity index (χ3n) is 4.42. The fraction of sp³-hybridized carbons (Fsp3) is 0.364. The van der Waals surface area contributed by atoms with Crippen LogP contribution in [0, 0.1) is 25.2 Å². The number of phenols is 1. The van der Waals surface area contributed by atoms with Gasteiger partial charge in [-0.05, 0) is 75.2 Å². The molecule has 1 saturated heterocycles. The molecule has 1 heterocycles. The molecule has 2 aromatic carbocycles. The van der Waals surface area contributed by atoms with E-state index in [1.165, 1.54) is 6.07 Å². The molecule has 0 spiro atoms. The second-order valence-corrected chi connectivity index (χ2v) is 7.33. The number of nitrogens with two attached hydrogens (primary N) is 1. The Labute approximate surface area is 176 Å². The number of rotatable bonds is 4. The molecule has 1 fully saturated rings. The van der Waals surface area contributed by atoms with Gasteiger partial charge in [0.15, 0.2) is 11.6 Å². The summed E-state index contributed by atoms with van der Waals surface area (Å²) >= 11 is 0. The van der Waals surface area contributed by atoms with E-state index >= 15 is 0 Å². The number of phenolic OH excluding ortho intramolecular Hbond substituents is 1. The topological polar surface area (TPSA) is 130 Å². The number of hydrogen-bond acceptors (Lipinski definition) is 7. The maximum absolute atomic E-state index is 8.92. The highest BCUT2D eigenvalue weighted by Crippen LogP contribution is 2.24. The average Bonchev–Trinajstić information content (AvgIpc) is 3.05. The summed E-state index contributed by atoms with van der Waals surface area (Å²) in [5.74, 6) is 0.463. The van der Waals surface area contributed by atoms with Gasteiger partial charge in [0.2, 0.25) is 0 Å². The van der Waals surface area contributed by atoms with Crippen molar-refractivity contribution in [2.45, 2.75) is 39.6 Å². The molecule has 0 radical (unpaired) electrons. The average molecular weight is 413 g/mol. The molecule has 3 rings (SSSR count). The van der Waals surface area contributed by atoms with Crippen molar-refractivity contribution in [3.63, 3.8) is 0 Å². The number of benzene rings is 2. The summed E-state index contributed by atoms with van der Waals surface area (Å²) in [6, 6.07) is 12.1. The Morgan fingerprint density at radius 3 is 2.53 bits per heavy atom. The SMILES string of the molecule is Cc1cc(O)ccc1C#N.Cc1cc(OC[C@@H]2COC(C)(C)O2)ccc1C(N)=NO. The van der Waals surface area contributed by atoms with E-state index < -0.39 is 5.79 Å². The second-order valence-electron chi connectivity index (χ2n) is 7.33. The Hall–Kier alpha value is -3.28. The molecule has 8 heteroatoms. The highest BCUT2D eigenvalue weighted by atomic mass is 16.7. The molecule has 8 nitrogen and oxygen atoms in total. The summed E-state index contributed by atoms with van der Waals surface area (Å²) in [7, 11) is 0. The lowest BCUT2D eigenvalue weighted by molar-refractivity contribution is -0.141. The molecular weight excluding hydrogens is 386 g/mol. The van der Waals surface area contributed by atoms with Crippen LogP contribution in [0.3, 0.4) is 0 Å². The van der Waals surface area contributed by atoms with Crippen molar-refractivity contribution in [2.75, 3.05) is 13.2 Å². The molecule has 0 bridgehead atoms. The lowest BCUT2D eigenvalue weighted by Crippen LogP contribution is -2.25. The number of nitriles is 1. The number of hydrogen-bond donors (Lipinski definition) is 3. The molecular formula is C22H27N3O5. The van der Waals surface area contributed by atoms with Gasteiger partial charge in [0.25, 0.3) is 0 Å². The van der Waals surface area contributed by atoms with E-state index in [1.807, 2.05) is 32.9 Å². The smallest absolute Gasteiger partial charge is 0.170 e. The standard InChI is InChI=1S/C14H20N2O4.C8H7NO/c1-9-6-10(4-5-12(9)13(15)16-17)18-7-11-8-19-14(2,3)20-11;1-6-4-8(10)3-2-7(6)5-9/h4-6,11,17H,7-8H2,1-3H3,(H2,15,16);2-4,10H,1H3/t11-;/m1./s1. The molecule has 1 aliphatic heterocycles. The number of oxime groups is 1. The van der Waals surface area contributed by atoms with Gasteiger partial charge in [-0.25, -0.2) is 0 Å². The number of aryl methyl sites for hydroxylation is 2. The first-order chi connectivity index (χ1) is 14.1. The van der Waals surface area contributed by atoms with Crippen molar-refractivity contribution >= 4 is 5.84 Å². The first kappa shape index (κ1) is 23.0. The highest BCUT2D eigenvalue weighted by molar-refractivity contribution is 5.98. The van der Waals surface area contributed by atoms with E-state index in [9.17, 15) is 0 Å². The lowest BCUT2D eigenvalue weighted by atomic mass is 10.1. The largest absolute Gasteiger partial charge is 0.508 e. The molecule has 0 saturated carbocycles. The molecule has 0 aromatic heterocycles. The number of aromatic hydroxyl groups is 1. The Balaban J connectivity index is 0.000000269. The number of amidine groups is 1. The predicted molar refractivity (Wildman–Crippen MR) is 112 cm³/mol. The van der Waals surface area contributed by atoms with Gasteiger partial charge in [-0.15, -0.1) is 0 Å². The van der Waals surface area contributed by atoms with E-state index in [1.54, 1.807) is 31.2 Å². The quantitative estimate of drug-likeness (QED) is 0.304. The van der Waals surface area contributed by atoms with E-state index in [4.69, 9.17) is 35.5 Å². The zero-order valence-electron chi connectivity index (χ0n) is 17.5. The minimum Gasteiger partial charge on any atom is -0.508 e. The van der Waals surface area contributed by atoms with Crippen LogP contribution < -0.4 is 10.5 Å². The zero-order valence-corrected chi connectivity index (χ0v) is 17.5. The fourth-order valence-corrected chi connectivity index (χ4v) is 2.87. The third kappa shape index (κ3) is 6.37. The Morgan fingerprint density at radius 1 is 1.27 bits per heavy atom. The van der Waals surface area contributed by atoms with Gasteiger partial charge in [-0.1, -0.05) is 5.16 Å². The van der Waals surface area contributed by atoms with Gasteiger partial charge < -0.3 is 30.3 Å². The van der Waals surface area contributed by atoms with Crippen molar-refractivity contribution in [2.24, 2.45) is 10.9 Å². The van der Waals surface area contributed by atoms with Crippen LogP contribution in [-0.2, 0) is 9.47 Å². The molecule has 160 valence electrons. The third-order valence-corrected chi connectivity index (χ3v) is 4.42. The van der Waals surface area contributed by atoms with Gasteiger partial charge in [0.05, 0.1) is 18.2 Å². The van der Waals surface area contributed by atoms with Crippen molar-refractivity contribution in [1.29, 1.82) is 5.26 Å². The van der Waals surface area contributed by atoms with E-state index in [-0.39, 0.29) is 17.7 Å². The van der Waals surface area contributed by atoms with E-state index in [2.05, 4.69) is 5.16 Å². The minimum atomic E-state index is -0.542. The molecule has 2 aromatic rings. The van der Waals surface area contributed by atoms with Crippen LogP contribution in [0.4, 0.5) is 0 Å². The normalized spacial score (nSPS) is 17.6. The minimum absolute atomic E-state index is 0.0749. The van der Waals surface area contributed by atoms with Crippen LogP contribution in [0.5, 0.6) is 11.5 Å². The van der Waals surface area contributed by atoms with Gasteiger partial charge in [0, 0.05) is 5.56 Å². The van der Waals surface area contributed by atoms with Gasteiger partial charge >= 0.3 is 0 Å². The Morgan fingerprint density at radius 2 is 2.00 bits per heavy atom. The first-order valence-electron chi connectivity index (χ1n) is 9.38. The van der Waals surface area contributed by atoms with Gasteiger partial charge in [-0.2, -0.15) is 5.26 Å². The summed E-state index contributed by atoms with van der Waals surface area (Å²) in [6.45, 7) is 8.36.